The van der Waals surface area contributed by atoms with Crippen molar-refractivity contribution < 1.29 is 4.42 Å². The largest absolute Gasteiger partial charge is 0.454 e. The highest BCUT2D eigenvalue weighted by Gasteiger charge is 2.43. The van der Waals surface area contributed by atoms with Crippen LogP contribution in [0.15, 0.2) is 120 Å². The number of benzene rings is 7. The van der Waals surface area contributed by atoms with Crippen molar-refractivity contribution in [2.75, 3.05) is 0 Å². The molecule has 4 heteroatoms. The molecule has 0 spiro atoms. The molecule has 2 saturated carbocycles. The zero-order valence-electron chi connectivity index (χ0n) is 30.6. The molecular formula is C52H33N3O. The highest BCUT2D eigenvalue weighted by Crippen LogP contribution is 2.60. The molecule has 0 amide bonds. The molecule has 0 N–H and O–H groups in total. The number of nitriles is 1. The van der Waals surface area contributed by atoms with Gasteiger partial charge in [0.25, 0.3) is 0 Å². The van der Waals surface area contributed by atoms with E-state index in [2.05, 4.69) is 130 Å². The third-order valence-corrected chi connectivity index (χ3v) is 14.9. The summed E-state index contributed by atoms with van der Waals surface area (Å²) >= 11 is 0. The number of furan rings is 1. The minimum absolute atomic E-state index is 0.582. The number of fused-ring (bicyclic) bond motifs is 17. The van der Waals surface area contributed by atoms with Crippen LogP contribution >= 0.6 is 0 Å². The van der Waals surface area contributed by atoms with E-state index in [0.717, 1.165) is 44.8 Å². The first kappa shape index (κ1) is 28.8. The lowest BCUT2D eigenvalue weighted by atomic mass is 9.67. The number of hydrogen-bond acceptors (Lipinski definition) is 2. The number of hydrogen-bond donors (Lipinski definition) is 0. The van der Waals surface area contributed by atoms with Crippen LogP contribution in [0.5, 0.6) is 0 Å². The first-order valence-corrected chi connectivity index (χ1v) is 20.4. The maximum absolute atomic E-state index is 10.9. The molecular weight excluding hydrogens is 683 g/mol. The molecule has 5 aromatic heterocycles. The van der Waals surface area contributed by atoms with Crippen molar-refractivity contribution in [2.45, 2.75) is 43.9 Å². The molecule has 0 saturated heterocycles. The van der Waals surface area contributed by atoms with Crippen molar-refractivity contribution >= 4 is 98.1 Å². The van der Waals surface area contributed by atoms with Crippen molar-refractivity contribution in [3.05, 3.63) is 132 Å². The van der Waals surface area contributed by atoms with Gasteiger partial charge in [0.2, 0.25) is 0 Å². The SMILES string of the molecule is N#Cc1cc2c(c3cc4c(c5cccc6c7ccccc7n4c65)c4c5c6c(ccc5n2c34)C2CC3CC(C2)CC6C3)c2c1oc1c(-c3ccccc3)cccc12. The molecule has 2 fully saturated rings. The Bertz CT molecular complexity index is 3760. The van der Waals surface area contributed by atoms with E-state index in [9.17, 15) is 5.26 Å². The van der Waals surface area contributed by atoms with Crippen molar-refractivity contribution in [2.24, 2.45) is 11.8 Å². The van der Waals surface area contributed by atoms with E-state index in [1.165, 1.54) is 103 Å². The van der Waals surface area contributed by atoms with Gasteiger partial charge in [-0.2, -0.15) is 5.26 Å². The minimum Gasteiger partial charge on any atom is -0.454 e. The Balaban J connectivity index is 1.23. The summed E-state index contributed by atoms with van der Waals surface area (Å²) in [6.07, 6.45) is 6.73. The summed E-state index contributed by atoms with van der Waals surface area (Å²) in [6.45, 7) is 0. The van der Waals surface area contributed by atoms with Crippen LogP contribution in [0.3, 0.4) is 0 Å². The van der Waals surface area contributed by atoms with Gasteiger partial charge in [-0.1, -0.05) is 91.0 Å². The van der Waals surface area contributed by atoms with Crippen LogP contribution in [0.4, 0.5) is 0 Å². The van der Waals surface area contributed by atoms with E-state index in [-0.39, 0.29) is 0 Å². The summed E-state index contributed by atoms with van der Waals surface area (Å²) in [5, 5.41) is 23.5. The first-order chi connectivity index (χ1) is 27.7. The van der Waals surface area contributed by atoms with Crippen LogP contribution < -0.4 is 0 Å². The number of nitrogens with zero attached hydrogens (tertiary/aromatic N) is 3. The molecule has 2 unspecified atom stereocenters. The monoisotopic (exact) mass is 715 g/mol. The summed E-state index contributed by atoms with van der Waals surface area (Å²) in [7, 11) is 0. The quantitative estimate of drug-likeness (QED) is 0.170. The highest BCUT2D eigenvalue weighted by molar-refractivity contribution is 6.41. The second kappa shape index (κ2) is 9.62. The zero-order valence-corrected chi connectivity index (χ0v) is 30.6. The molecule has 0 radical (unpaired) electrons. The third-order valence-electron chi connectivity index (χ3n) is 14.9. The average molecular weight is 716 g/mol. The van der Waals surface area contributed by atoms with Gasteiger partial charge in [0.1, 0.15) is 11.7 Å². The topological polar surface area (TPSA) is 45.8 Å². The van der Waals surface area contributed by atoms with Gasteiger partial charge >= 0.3 is 0 Å². The standard InChI is InChI=1S/C52H33N3O/c53-25-31-23-41-45(46-37-14-6-11-33(52(37)56-51(31)46)28-8-2-1-3-9-28)38-24-42-44(36-13-7-12-35-34-10-4-5-15-39(34)54(42)49(35)36)48-47-40(55(41)50(38)48)17-16-32-29-19-26-18-27(20-29)22-30(21-26)43(32)47/h1-17,23-24,26-27,29-30H,18-22H2. The van der Waals surface area contributed by atoms with Crippen LogP contribution in [-0.4, -0.2) is 8.80 Å². The van der Waals surface area contributed by atoms with Crippen LogP contribution in [0.1, 0.15) is 60.6 Å². The second-order valence-corrected chi connectivity index (χ2v) is 17.5. The Morgan fingerprint density at radius 2 is 1.21 bits per heavy atom. The normalized spacial score (nSPS) is 20.8. The Labute approximate surface area is 320 Å². The van der Waals surface area contributed by atoms with Crippen molar-refractivity contribution in [3.8, 4) is 17.2 Å². The van der Waals surface area contributed by atoms with Gasteiger partial charge < -0.3 is 13.2 Å². The lowest BCUT2D eigenvalue weighted by Gasteiger charge is -2.38. The van der Waals surface area contributed by atoms with Crippen LogP contribution in [0, 0.1) is 23.2 Å². The third kappa shape index (κ3) is 3.18. The lowest BCUT2D eigenvalue weighted by molar-refractivity contribution is 0.166. The predicted octanol–water partition coefficient (Wildman–Crippen LogP) is 13.8. The van der Waals surface area contributed by atoms with Gasteiger partial charge in [-0.25, -0.2) is 0 Å². The van der Waals surface area contributed by atoms with Gasteiger partial charge in [0.05, 0.1) is 38.7 Å². The Kier molecular flexibility index (Phi) is 4.95. The summed E-state index contributed by atoms with van der Waals surface area (Å²) in [4.78, 5) is 0. The van der Waals surface area contributed by atoms with E-state index in [4.69, 9.17) is 4.42 Å². The van der Waals surface area contributed by atoms with E-state index < -0.39 is 0 Å². The molecule has 16 rings (SSSR count). The Morgan fingerprint density at radius 3 is 2.09 bits per heavy atom. The van der Waals surface area contributed by atoms with Crippen molar-refractivity contribution in [1.29, 1.82) is 5.26 Å². The van der Waals surface area contributed by atoms with Gasteiger partial charge in [0, 0.05) is 59.4 Å². The molecule has 56 heavy (non-hydrogen) atoms. The fourth-order valence-electron chi connectivity index (χ4n) is 13.2. The molecule has 12 aromatic rings. The molecule has 4 nitrogen and oxygen atoms in total. The van der Waals surface area contributed by atoms with E-state index >= 15 is 0 Å². The van der Waals surface area contributed by atoms with E-state index in [0.29, 0.717) is 23.0 Å². The van der Waals surface area contributed by atoms with Crippen molar-refractivity contribution in [1.82, 2.24) is 8.80 Å². The number of para-hydroxylation sites is 3. The lowest BCUT2D eigenvalue weighted by Crippen LogP contribution is -2.25. The maximum Gasteiger partial charge on any atom is 0.153 e. The molecule has 4 aliphatic carbocycles. The smallest absolute Gasteiger partial charge is 0.153 e. The van der Waals surface area contributed by atoms with Crippen LogP contribution in [0.25, 0.3) is 109 Å². The van der Waals surface area contributed by atoms with E-state index in [1.54, 1.807) is 11.1 Å². The fourth-order valence-corrected chi connectivity index (χ4v) is 13.2. The Hall–Kier alpha value is -6.57. The van der Waals surface area contributed by atoms with Gasteiger partial charge in [-0.05, 0) is 96.7 Å². The zero-order chi connectivity index (χ0) is 36.1. The number of rotatable bonds is 1. The second-order valence-electron chi connectivity index (χ2n) is 17.5. The molecule has 4 aliphatic rings. The van der Waals surface area contributed by atoms with Crippen LogP contribution in [-0.2, 0) is 0 Å². The van der Waals surface area contributed by atoms with Crippen LogP contribution in [0.2, 0.25) is 0 Å². The van der Waals surface area contributed by atoms with Crippen molar-refractivity contribution in [3.63, 3.8) is 0 Å². The molecule has 262 valence electrons. The molecule has 4 bridgehead atoms. The molecule has 2 atom stereocenters. The van der Waals surface area contributed by atoms with E-state index in [1.807, 2.05) is 0 Å². The average Bonchev–Trinajstić information content (AvgIpc) is 4.01. The highest BCUT2D eigenvalue weighted by atomic mass is 16.3. The van der Waals surface area contributed by atoms with Gasteiger partial charge in [-0.3, -0.25) is 0 Å². The minimum atomic E-state index is 0.582. The molecule has 5 heterocycles. The summed E-state index contributed by atoms with van der Waals surface area (Å²) in [6, 6.07) is 45.0. The van der Waals surface area contributed by atoms with Gasteiger partial charge in [0.15, 0.2) is 5.58 Å². The predicted molar refractivity (Wildman–Crippen MR) is 229 cm³/mol. The first-order valence-electron chi connectivity index (χ1n) is 20.4. The number of aromatic nitrogens is 2. The Morgan fingerprint density at radius 1 is 0.500 bits per heavy atom. The summed E-state index contributed by atoms with van der Waals surface area (Å²) < 4.78 is 12.0. The molecule has 0 aliphatic heterocycles. The molecule has 7 aromatic carbocycles. The summed E-state index contributed by atoms with van der Waals surface area (Å²) in [5.74, 6) is 2.92. The fraction of sp³-hybridized carbons (Fsp3) is 0.173. The summed E-state index contributed by atoms with van der Waals surface area (Å²) in [5.41, 5.74) is 15.0. The maximum atomic E-state index is 10.9. The van der Waals surface area contributed by atoms with Gasteiger partial charge in [-0.15, -0.1) is 0 Å².